The van der Waals surface area contributed by atoms with Crippen molar-refractivity contribution in [1.82, 2.24) is 4.98 Å². The van der Waals surface area contributed by atoms with Crippen LogP contribution in [0.1, 0.15) is 0 Å². The van der Waals surface area contributed by atoms with Crippen molar-refractivity contribution in [1.29, 1.82) is 0 Å². The highest BCUT2D eigenvalue weighted by Crippen LogP contribution is 2.36. The molecule has 0 amide bonds. The zero-order chi connectivity index (χ0) is 15.0. The van der Waals surface area contributed by atoms with Gasteiger partial charge in [0.1, 0.15) is 3.70 Å². The van der Waals surface area contributed by atoms with E-state index < -0.39 is 37.8 Å². The summed E-state index contributed by atoms with van der Waals surface area (Å²) in [6, 6.07) is 0.570. The van der Waals surface area contributed by atoms with Crippen molar-refractivity contribution in [2.24, 2.45) is 5.14 Å². The number of nitrogens with zero attached hydrogens (tertiary/aromatic N) is 2. The Hall–Kier alpha value is -1.22. The molecule has 106 valence electrons. The Morgan fingerprint density at radius 3 is 2.37 bits per heavy atom. The van der Waals surface area contributed by atoms with E-state index in [1.807, 2.05) is 0 Å². The SMILES string of the molecule is NS(=O)(=O)c1nc(I)cc(OC(F)(F)F)c1[N+](=O)[O-]. The molecule has 0 fully saturated rings. The fourth-order valence-corrected chi connectivity index (χ4v) is 2.39. The molecule has 1 aromatic heterocycles. The van der Waals surface area contributed by atoms with Gasteiger partial charge in [0.2, 0.25) is 5.75 Å². The summed E-state index contributed by atoms with van der Waals surface area (Å²) < 4.78 is 61.6. The minimum Gasteiger partial charge on any atom is -0.398 e. The van der Waals surface area contributed by atoms with Crippen LogP contribution in [0, 0.1) is 13.8 Å². The third kappa shape index (κ3) is 4.13. The molecular weight excluding hydrogens is 410 g/mol. The van der Waals surface area contributed by atoms with Crippen molar-refractivity contribution >= 4 is 38.3 Å². The monoisotopic (exact) mass is 413 g/mol. The van der Waals surface area contributed by atoms with E-state index in [1.54, 1.807) is 0 Å². The second-order valence-corrected chi connectivity index (χ2v) is 5.53. The van der Waals surface area contributed by atoms with E-state index in [0.717, 1.165) is 0 Å². The average Bonchev–Trinajstić information content (AvgIpc) is 2.11. The first-order valence-corrected chi connectivity index (χ1v) is 6.68. The zero-order valence-corrected chi connectivity index (χ0v) is 11.5. The Morgan fingerprint density at radius 2 is 2.00 bits per heavy atom. The largest absolute Gasteiger partial charge is 0.573 e. The van der Waals surface area contributed by atoms with E-state index in [9.17, 15) is 31.7 Å². The lowest BCUT2D eigenvalue weighted by Gasteiger charge is -2.10. The van der Waals surface area contributed by atoms with Crippen molar-refractivity contribution in [3.63, 3.8) is 0 Å². The summed E-state index contributed by atoms with van der Waals surface area (Å²) in [6.07, 6.45) is -5.23. The predicted octanol–water partition coefficient (Wildman–Crippen LogP) is 1.14. The number of aromatic nitrogens is 1. The molecule has 1 heterocycles. The molecule has 0 radical (unpaired) electrons. The van der Waals surface area contributed by atoms with E-state index in [2.05, 4.69) is 14.9 Å². The first-order chi connectivity index (χ1) is 8.42. The first kappa shape index (κ1) is 15.8. The Bertz CT molecular complexity index is 632. The van der Waals surface area contributed by atoms with E-state index in [4.69, 9.17) is 0 Å². The van der Waals surface area contributed by atoms with Crippen molar-refractivity contribution in [3.05, 3.63) is 19.9 Å². The molecule has 1 aromatic rings. The molecular formula is C6H3F3IN3O5S. The van der Waals surface area contributed by atoms with Gasteiger partial charge in [-0.3, -0.25) is 10.1 Å². The van der Waals surface area contributed by atoms with Crippen molar-refractivity contribution in [2.45, 2.75) is 11.4 Å². The number of primary sulfonamides is 1. The number of nitrogens with two attached hydrogens (primary N) is 1. The van der Waals surface area contributed by atoms with Crippen LogP contribution in [-0.2, 0) is 10.0 Å². The minimum absolute atomic E-state index is 0.272. The second kappa shape index (κ2) is 5.04. The highest BCUT2D eigenvalue weighted by Gasteiger charge is 2.38. The maximum absolute atomic E-state index is 12.1. The van der Waals surface area contributed by atoms with Crippen molar-refractivity contribution in [3.8, 4) is 5.75 Å². The van der Waals surface area contributed by atoms with E-state index in [0.29, 0.717) is 6.07 Å². The van der Waals surface area contributed by atoms with Crippen LogP contribution in [0.5, 0.6) is 5.75 Å². The Labute approximate surface area is 117 Å². The molecule has 13 heteroatoms. The number of sulfonamides is 1. The van der Waals surface area contributed by atoms with Gasteiger partial charge in [0, 0.05) is 6.07 Å². The molecule has 0 unspecified atom stereocenters. The third-order valence-corrected chi connectivity index (χ3v) is 2.95. The average molecular weight is 413 g/mol. The van der Waals surface area contributed by atoms with Gasteiger partial charge in [0.15, 0.2) is 0 Å². The van der Waals surface area contributed by atoms with Crippen LogP contribution >= 0.6 is 22.6 Å². The molecule has 0 atom stereocenters. The standard InChI is InChI=1S/C6H3F3IN3O5S/c7-6(8,9)18-2-1-3(10)12-5(19(11,16)17)4(2)13(14)15/h1H,(H2,11,16,17). The second-order valence-electron chi connectivity index (χ2n) is 2.95. The van der Waals surface area contributed by atoms with Crippen LogP contribution in [0.2, 0.25) is 0 Å². The number of nitro groups is 1. The number of ether oxygens (including phenoxy) is 1. The van der Waals surface area contributed by atoms with Gasteiger partial charge in [-0.15, -0.1) is 13.2 Å². The van der Waals surface area contributed by atoms with Crippen LogP contribution in [0.3, 0.4) is 0 Å². The summed E-state index contributed by atoms with van der Waals surface area (Å²) in [7, 11) is -4.68. The van der Waals surface area contributed by atoms with Gasteiger partial charge in [-0.05, 0) is 22.6 Å². The van der Waals surface area contributed by atoms with Gasteiger partial charge < -0.3 is 4.74 Å². The number of hydrogen-bond donors (Lipinski definition) is 1. The smallest absolute Gasteiger partial charge is 0.398 e. The summed E-state index contributed by atoms with van der Waals surface area (Å²) in [6.45, 7) is 0. The molecule has 0 spiro atoms. The summed E-state index contributed by atoms with van der Waals surface area (Å²) in [5.74, 6) is -1.30. The van der Waals surface area contributed by atoms with Gasteiger partial charge in [-0.25, -0.2) is 18.5 Å². The lowest BCUT2D eigenvalue weighted by atomic mass is 10.4. The van der Waals surface area contributed by atoms with E-state index >= 15 is 0 Å². The zero-order valence-electron chi connectivity index (χ0n) is 8.51. The normalized spacial score (nSPS) is 12.3. The Kier molecular flexibility index (Phi) is 4.20. The van der Waals surface area contributed by atoms with Crippen LogP contribution in [-0.4, -0.2) is 24.7 Å². The Morgan fingerprint density at radius 1 is 1.47 bits per heavy atom. The van der Waals surface area contributed by atoms with E-state index in [-0.39, 0.29) is 3.70 Å². The third-order valence-electron chi connectivity index (χ3n) is 1.57. The number of pyridine rings is 1. The fraction of sp³-hybridized carbons (Fsp3) is 0.167. The number of rotatable bonds is 3. The summed E-state index contributed by atoms with van der Waals surface area (Å²) in [5.41, 5.74) is -1.47. The number of hydrogen-bond acceptors (Lipinski definition) is 6. The maximum Gasteiger partial charge on any atom is 0.573 e. The van der Waals surface area contributed by atoms with Crippen LogP contribution in [0.4, 0.5) is 18.9 Å². The van der Waals surface area contributed by atoms with Gasteiger partial charge in [-0.1, -0.05) is 0 Å². The van der Waals surface area contributed by atoms with Crippen LogP contribution < -0.4 is 9.88 Å². The molecule has 0 aliphatic carbocycles. The molecule has 0 bridgehead atoms. The van der Waals surface area contributed by atoms with Gasteiger partial charge in [0.05, 0.1) is 4.92 Å². The molecule has 0 aromatic carbocycles. The van der Waals surface area contributed by atoms with Crippen molar-refractivity contribution < 1.29 is 31.2 Å². The first-order valence-electron chi connectivity index (χ1n) is 4.05. The maximum atomic E-state index is 12.1. The van der Waals surface area contributed by atoms with Gasteiger partial charge >= 0.3 is 12.0 Å². The van der Waals surface area contributed by atoms with E-state index in [1.165, 1.54) is 22.6 Å². The van der Waals surface area contributed by atoms with Gasteiger partial charge in [0.25, 0.3) is 15.0 Å². The molecule has 19 heavy (non-hydrogen) atoms. The van der Waals surface area contributed by atoms with Crippen LogP contribution in [0.25, 0.3) is 0 Å². The molecule has 0 aliphatic rings. The van der Waals surface area contributed by atoms with Crippen LogP contribution in [0.15, 0.2) is 11.1 Å². The quantitative estimate of drug-likeness (QED) is 0.343. The number of halogens is 4. The summed E-state index contributed by atoms with van der Waals surface area (Å²) in [4.78, 5) is 12.6. The number of alkyl halides is 3. The predicted molar refractivity (Wildman–Crippen MR) is 61.7 cm³/mol. The Balaban J connectivity index is 3.64. The molecule has 0 aliphatic heterocycles. The lowest BCUT2D eigenvalue weighted by Crippen LogP contribution is -2.21. The molecule has 0 saturated heterocycles. The molecule has 1 rings (SSSR count). The molecule has 0 saturated carbocycles. The summed E-state index contributed by atoms with van der Waals surface area (Å²) >= 11 is 1.36. The molecule has 2 N–H and O–H groups in total. The highest BCUT2D eigenvalue weighted by molar-refractivity contribution is 14.1. The van der Waals surface area contributed by atoms with Gasteiger partial charge in [-0.2, -0.15) is 0 Å². The minimum atomic E-state index is -5.23. The lowest BCUT2D eigenvalue weighted by molar-refractivity contribution is -0.392. The topological polar surface area (TPSA) is 125 Å². The van der Waals surface area contributed by atoms with Crippen molar-refractivity contribution in [2.75, 3.05) is 0 Å². The fourth-order valence-electron chi connectivity index (χ4n) is 1.03. The molecule has 8 nitrogen and oxygen atoms in total. The summed E-state index contributed by atoms with van der Waals surface area (Å²) in [5, 5.41) is 14.0. The highest BCUT2D eigenvalue weighted by atomic mass is 127.